The Bertz CT molecular complexity index is 500. The predicted octanol–water partition coefficient (Wildman–Crippen LogP) is 1.53. The summed E-state index contributed by atoms with van der Waals surface area (Å²) in [4.78, 5) is 16.4. The van der Waals surface area contributed by atoms with E-state index >= 15 is 0 Å². The number of rotatable bonds is 6. The molecule has 0 aromatic rings. The summed E-state index contributed by atoms with van der Waals surface area (Å²) in [6, 6.07) is 0.0850. The normalized spacial score (nSPS) is 26.7. The van der Waals surface area contributed by atoms with Gasteiger partial charge in [-0.3, -0.25) is 4.79 Å². The molecule has 2 aliphatic heterocycles. The fourth-order valence-corrected chi connectivity index (χ4v) is 5.52. The summed E-state index contributed by atoms with van der Waals surface area (Å²) in [6.07, 6.45) is 4.57. The first-order chi connectivity index (χ1) is 10.3. The SMILES string of the molecule is CCC1(CC)CCN(C(=O)CCN(C)[C@@H]2CCS(=O)(=O)C2)C1. The number of sulfone groups is 1. The molecule has 2 fully saturated rings. The maximum atomic E-state index is 12.4. The van der Waals surface area contributed by atoms with Crippen LogP contribution >= 0.6 is 0 Å². The molecule has 0 aromatic carbocycles. The van der Waals surface area contributed by atoms with Crippen LogP contribution < -0.4 is 0 Å². The molecule has 0 aliphatic carbocycles. The first-order valence-corrected chi connectivity index (χ1v) is 10.3. The van der Waals surface area contributed by atoms with Crippen LogP contribution in [0, 0.1) is 5.41 Å². The molecule has 128 valence electrons. The third-order valence-corrected chi connectivity index (χ3v) is 7.55. The van der Waals surface area contributed by atoms with Crippen molar-refractivity contribution in [3.63, 3.8) is 0 Å². The Labute approximate surface area is 135 Å². The highest BCUT2D eigenvalue weighted by Crippen LogP contribution is 2.37. The van der Waals surface area contributed by atoms with Crippen molar-refractivity contribution in [2.75, 3.05) is 38.2 Å². The van der Waals surface area contributed by atoms with E-state index in [0.29, 0.717) is 24.8 Å². The van der Waals surface area contributed by atoms with E-state index in [4.69, 9.17) is 0 Å². The van der Waals surface area contributed by atoms with Crippen molar-refractivity contribution in [1.29, 1.82) is 0 Å². The van der Waals surface area contributed by atoms with Gasteiger partial charge in [-0.15, -0.1) is 0 Å². The lowest BCUT2D eigenvalue weighted by molar-refractivity contribution is -0.131. The van der Waals surface area contributed by atoms with Crippen molar-refractivity contribution < 1.29 is 13.2 Å². The molecule has 2 saturated heterocycles. The minimum atomic E-state index is -2.85. The Morgan fingerprint density at radius 2 is 2.00 bits per heavy atom. The van der Waals surface area contributed by atoms with E-state index in [1.807, 2.05) is 16.8 Å². The van der Waals surface area contributed by atoms with Crippen LogP contribution in [0.4, 0.5) is 0 Å². The van der Waals surface area contributed by atoms with Crippen LogP contribution in [-0.2, 0) is 14.6 Å². The molecule has 0 bridgehead atoms. The Morgan fingerprint density at radius 1 is 1.32 bits per heavy atom. The number of hydrogen-bond acceptors (Lipinski definition) is 4. The monoisotopic (exact) mass is 330 g/mol. The minimum Gasteiger partial charge on any atom is -0.342 e. The molecule has 0 spiro atoms. The van der Waals surface area contributed by atoms with Crippen LogP contribution in [0.2, 0.25) is 0 Å². The van der Waals surface area contributed by atoms with E-state index in [9.17, 15) is 13.2 Å². The number of carbonyl (C=O) groups excluding carboxylic acids is 1. The van der Waals surface area contributed by atoms with Crippen molar-refractivity contribution in [2.24, 2.45) is 5.41 Å². The smallest absolute Gasteiger partial charge is 0.223 e. The predicted molar refractivity (Wildman–Crippen MR) is 88.5 cm³/mol. The molecule has 5 nitrogen and oxygen atoms in total. The van der Waals surface area contributed by atoms with E-state index in [1.54, 1.807) is 0 Å². The first-order valence-electron chi connectivity index (χ1n) is 8.49. The van der Waals surface area contributed by atoms with Crippen LogP contribution in [-0.4, -0.2) is 68.4 Å². The molecule has 22 heavy (non-hydrogen) atoms. The van der Waals surface area contributed by atoms with Gasteiger partial charge in [0.2, 0.25) is 5.91 Å². The first kappa shape index (κ1) is 17.7. The lowest BCUT2D eigenvalue weighted by Crippen LogP contribution is -2.37. The zero-order valence-electron chi connectivity index (χ0n) is 14.2. The van der Waals surface area contributed by atoms with Gasteiger partial charge in [-0.1, -0.05) is 13.8 Å². The van der Waals surface area contributed by atoms with Crippen molar-refractivity contribution >= 4 is 15.7 Å². The molecule has 0 aromatic heterocycles. The van der Waals surface area contributed by atoms with Gasteiger partial charge in [0.15, 0.2) is 9.84 Å². The van der Waals surface area contributed by atoms with Gasteiger partial charge in [-0.2, -0.15) is 0 Å². The summed E-state index contributed by atoms with van der Waals surface area (Å²) < 4.78 is 23.1. The summed E-state index contributed by atoms with van der Waals surface area (Å²) in [5.74, 6) is 0.754. The van der Waals surface area contributed by atoms with Gasteiger partial charge in [0, 0.05) is 32.1 Å². The Morgan fingerprint density at radius 3 is 2.50 bits per heavy atom. The van der Waals surface area contributed by atoms with Crippen LogP contribution in [0.5, 0.6) is 0 Å². The van der Waals surface area contributed by atoms with E-state index in [-0.39, 0.29) is 23.5 Å². The highest BCUT2D eigenvalue weighted by atomic mass is 32.2. The second-order valence-corrected chi connectivity index (χ2v) is 9.29. The minimum absolute atomic E-state index is 0.0850. The van der Waals surface area contributed by atoms with E-state index < -0.39 is 9.84 Å². The molecule has 0 unspecified atom stereocenters. The standard InChI is InChI=1S/C16H30N2O3S/c1-4-16(5-2)8-10-18(13-16)15(19)6-9-17(3)14-7-11-22(20,21)12-14/h14H,4-13H2,1-3H3/t14-/m1/s1. The number of hydrogen-bond donors (Lipinski definition) is 0. The van der Waals surface area contributed by atoms with Gasteiger partial charge in [-0.05, 0) is 38.1 Å². The van der Waals surface area contributed by atoms with Crippen molar-refractivity contribution in [1.82, 2.24) is 9.80 Å². The number of likely N-dealkylation sites (tertiary alicyclic amines) is 1. The van der Waals surface area contributed by atoms with Gasteiger partial charge in [0.05, 0.1) is 11.5 Å². The van der Waals surface area contributed by atoms with Crippen molar-refractivity contribution in [2.45, 2.75) is 52.0 Å². The molecule has 0 saturated carbocycles. The Hall–Kier alpha value is -0.620. The zero-order chi connectivity index (χ0) is 16.4. The average Bonchev–Trinajstić information content (AvgIpc) is 3.08. The van der Waals surface area contributed by atoms with Crippen LogP contribution in [0.15, 0.2) is 0 Å². The molecule has 2 aliphatic rings. The lowest BCUT2D eigenvalue weighted by atomic mass is 9.82. The Kier molecular flexibility index (Phi) is 5.54. The van der Waals surface area contributed by atoms with Gasteiger partial charge in [0.1, 0.15) is 0 Å². The topological polar surface area (TPSA) is 57.7 Å². The fourth-order valence-electron chi connectivity index (χ4n) is 3.71. The van der Waals surface area contributed by atoms with Crippen molar-refractivity contribution in [3.05, 3.63) is 0 Å². The summed E-state index contributed by atoms with van der Waals surface area (Å²) >= 11 is 0. The second kappa shape index (κ2) is 6.87. The molecule has 0 N–H and O–H groups in total. The number of nitrogens with zero attached hydrogens (tertiary/aromatic N) is 2. The molecule has 2 heterocycles. The van der Waals surface area contributed by atoms with E-state index in [2.05, 4.69) is 13.8 Å². The fraction of sp³-hybridized carbons (Fsp3) is 0.938. The van der Waals surface area contributed by atoms with Gasteiger partial charge < -0.3 is 9.80 Å². The second-order valence-electron chi connectivity index (χ2n) is 7.06. The molecular formula is C16H30N2O3S. The summed E-state index contributed by atoms with van der Waals surface area (Å²) in [5.41, 5.74) is 0.321. The third-order valence-electron chi connectivity index (χ3n) is 5.80. The lowest BCUT2D eigenvalue weighted by Gasteiger charge is -2.27. The number of carbonyl (C=O) groups is 1. The van der Waals surface area contributed by atoms with Crippen molar-refractivity contribution in [3.8, 4) is 0 Å². The molecule has 0 radical (unpaired) electrons. The number of amides is 1. The van der Waals surface area contributed by atoms with Gasteiger partial charge >= 0.3 is 0 Å². The highest BCUT2D eigenvalue weighted by Gasteiger charge is 2.37. The Balaban J connectivity index is 1.79. The van der Waals surface area contributed by atoms with Crippen LogP contribution in [0.3, 0.4) is 0 Å². The van der Waals surface area contributed by atoms with E-state index in [0.717, 1.165) is 32.4 Å². The van der Waals surface area contributed by atoms with Crippen LogP contribution in [0.25, 0.3) is 0 Å². The third kappa shape index (κ3) is 4.02. The molecule has 6 heteroatoms. The maximum Gasteiger partial charge on any atom is 0.223 e. The maximum absolute atomic E-state index is 12.4. The summed E-state index contributed by atoms with van der Waals surface area (Å²) in [5, 5.41) is 0. The molecule has 2 rings (SSSR count). The quantitative estimate of drug-likeness (QED) is 0.741. The molecular weight excluding hydrogens is 300 g/mol. The zero-order valence-corrected chi connectivity index (χ0v) is 15.0. The van der Waals surface area contributed by atoms with Gasteiger partial charge in [0.25, 0.3) is 0 Å². The average molecular weight is 330 g/mol. The summed E-state index contributed by atoms with van der Waals surface area (Å²) in [7, 11) is -0.918. The largest absolute Gasteiger partial charge is 0.342 e. The molecule has 1 atom stereocenters. The molecule has 1 amide bonds. The van der Waals surface area contributed by atoms with E-state index in [1.165, 1.54) is 0 Å². The highest BCUT2D eigenvalue weighted by molar-refractivity contribution is 7.91. The van der Waals surface area contributed by atoms with Crippen LogP contribution in [0.1, 0.15) is 46.0 Å². The van der Waals surface area contributed by atoms with Gasteiger partial charge in [-0.25, -0.2) is 8.42 Å². The summed E-state index contributed by atoms with van der Waals surface area (Å²) in [6.45, 7) is 6.85.